The van der Waals surface area contributed by atoms with E-state index in [1.54, 1.807) is 24.8 Å². The molecular weight excluding hydrogens is 359 g/mol. The molecule has 0 aliphatic rings. The minimum Gasteiger partial charge on any atom is -0.342 e. The lowest BCUT2D eigenvalue weighted by Gasteiger charge is -2.24. The summed E-state index contributed by atoms with van der Waals surface area (Å²) in [6.07, 6.45) is 0. The van der Waals surface area contributed by atoms with Crippen LogP contribution in [0.3, 0.4) is 0 Å². The number of hydrogen-bond acceptors (Lipinski definition) is 3. The average molecular weight is 381 g/mol. The first-order chi connectivity index (χ1) is 10.6. The Morgan fingerprint density at radius 3 is 2.26 bits per heavy atom. The van der Waals surface area contributed by atoms with Crippen molar-refractivity contribution in [3.8, 4) is 0 Å². The molecule has 5 nitrogen and oxygen atoms in total. The van der Waals surface area contributed by atoms with Crippen LogP contribution in [0.25, 0.3) is 0 Å². The summed E-state index contributed by atoms with van der Waals surface area (Å²) in [6.45, 7) is 9.47. The molecule has 1 amide bonds. The first kappa shape index (κ1) is 20.2. The molecule has 23 heavy (non-hydrogen) atoms. The second kappa shape index (κ2) is 7.83. The van der Waals surface area contributed by atoms with Crippen molar-refractivity contribution >= 4 is 39.1 Å². The minimum absolute atomic E-state index is 0.0802. The van der Waals surface area contributed by atoms with Gasteiger partial charge in [0.05, 0.1) is 11.1 Å². The fraction of sp³-hybridized carbons (Fsp3) is 0.533. The van der Waals surface area contributed by atoms with Gasteiger partial charge in [0, 0.05) is 18.1 Å². The van der Waals surface area contributed by atoms with Gasteiger partial charge in [-0.05, 0) is 51.8 Å². The van der Waals surface area contributed by atoms with Gasteiger partial charge in [-0.3, -0.25) is 4.79 Å². The summed E-state index contributed by atoms with van der Waals surface area (Å²) in [5, 5.41) is 0.428. The lowest BCUT2D eigenvalue weighted by Crippen LogP contribution is -2.46. The Morgan fingerprint density at radius 2 is 1.78 bits per heavy atom. The van der Waals surface area contributed by atoms with Crippen LogP contribution in [0.5, 0.6) is 0 Å². The van der Waals surface area contributed by atoms with Gasteiger partial charge in [0.15, 0.2) is 0 Å². The van der Waals surface area contributed by atoms with Crippen molar-refractivity contribution < 1.29 is 13.2 Å². The number of aryl methyl sites for hydroxylation is 1. The van der Waals surface area contributed by atoms with Gasteiger partial charge in [-0.1, -0.05) is 23.2 Å². The van der Waals surface area contributed by atoms with E-state index in [-0.39, 0.29) is 15.8 Å². The number of benzene rings is 1. The molecule has 0 bridgehead atoms. The Kier molecular flexibility index (Phi) is 6.89. The molecule has 1 atom stereocenters. The highest BCUT2D eigenvalue weighted by atomic mass is 35.5. The van der Waals surface area contributed by atoms with E-state index in [0.717, 1.165) is 0 Å². The van der Waals surface area contributed by atoms with Gasteiger partial charge >= 0.3 is 0 Å². The maximum atomic E-state index is 12.7. The fourth-order valence-corrected chi connectivity index (χ4v) is 4.69. The zero-order valence-electron chi connectivity index (χ0n) is 13.9. The highest BCUT2D eigenvalue weighted by Crippen LogP contribution is 2.33. The lowest BCUT2D eigenvalue weighted by molar-refractivity contribution is -0.132. The molecule has 0 saturated heterocycles. The monoisotopic (exact) mass is 380 g/mol. The number of amides is 1. The highest BCUT2D eigenvalue weighted by Gasteiger charge is 2.29. The smallest absolute Gasteiger partial charge is 0.243 e. The molecule has 0 saturated carbocycles. The summed E-state index contributed by atoms with van der Waals surface area (Å²) in [4.78, 5) is 13.7. The molecule has 8 heteroatoms. The van der Waals surface area contributed by atoms with Crippen LogP contribution in [0, 0.1) is 13.8 Å². The number of nitrogens with zero attached hydrogens (tertiary/aromatic N) is 1. The maximum Gasteiger partial charge on any atom is 0.243 e. The van der Waals surface area contributed by atoms with Crippen molar-refractivity contribution in [1.82, 2.24) is 9.62 Å². The van der Waals surface area contributed by atoms with Gasteiger partial charge in [-0.15, -0.1) is 0 Å². The topological polar surface area (TPSA) is 66.5 Å². The van der Waals surface area contributed by atoms with E-state index in [1.807, 2.05) is 13.8 Å². The zero-order chi connectivity index (χ0) is 17.9. The Morgan fingerprint density at radius 1 is 1.26 bits per heavy atom. The maximum absolute atomic E-state index is 12.7. The Labute approximate surface area is 148 Å². The van der Waals surface area contributed by atoms with Crippen LogP contribution < -0.4 is 4.72 Å². The van der Waals surface area contributed by atoms with Crippen molar-refractivity contribution in [2.45, 2.75) is 45.6 Å². The molecule has 0 heterocycles. The van der Waals surface area contributed by atoms with Crippen molar-refractivity contribution in [2.24, 2.45) is 0 Å². The van der Waals surface area contributed by atoms with Gasteiger partial charge in [0.25, 0.3) is 0 Å². The van der Waals surface area contributed by atoms with E-state index in [4.69, 9.17) is 23.2 Å². The molecule has 0 fully saturated rings. The predicted octanol–water partition coefficient (Wildman–Crippen LogP) is 3.15. The largest absolute Gasteiger partial charge is 0.342 e. The van der Waals surface area contributed by atoms with E-state index in [2.05, 4.69) is 4.72 Å². The van der Waals surface area contributed by atoms with Crippen LogP contribution >= 0.6 is 23.2 Å². The number of likely N-dealkylation sites (N-methyl/N-ethyl adjacent to an activating group) is 1. The number of carbonyl (C=O) groups is 1. The molecule has 0 aliphatic carbocycles. The van der Waals surface area contributed by atoms with Crippen LogP contribution in [0.15, 0.2) is 11.0 Å². The number of rotatable bonds is 6. The van der Waals surface area contributed by atoms with Gasteiger partial charge < -0.3 is 4.90 Å². The van der Waals surface area contributed by atoms with Crippen molar-refractivity contribution in [3.63, 3.8) is 0 Å². The number of carbonyl (C=O) groups excluding carboxylic acids is 1. The van der Waals surface area contributed by atoms with Gasteiger partial charge in [-0.2, -0.15) is 4.72 Å². The van der Waals surface area contributed by atoms with Gasteiger partial charge in [0.2, 0.25) is 15.9 Å². The molecule has 1 N–H and O–H groups in total. The molecule has 0 unspecified atom stereocenters. The molecule has 0 aromatic heterocycles. The number of halogens is 2. The normalized spacial score (nSPS) is 13.0. The third-order valence-electron chi connectivity index (χ3n) is 3.63. The number of nitrogens with one attached hydrogen (secondary N) is 1. The van der Waals surface area contributed by atoms with Crippen LogP contribution in [-0.2, 0) is 14.8 Å². The molecule has 1 aromatic carbocycles. The van der Waals surface area contributed by atoms with E-state index >= 15 is 0 Å². The molecular formula is C15H22Cl2N2O3S. The minimum atomic E-state index is -3.97. The summed E-state index contributed by atoms with van der Waals surface area (Å²) in [6, 6.07) is 0.720. The van der Waals surface area contributed by atoms with Crippen molar-refractivity contribution in [3.05, 3.63) is 27.2 Å². The summed E-state index contributed by atoms with van der Waals surface area (Å²) in [7, 11) is -3.97. The third-order valence-corrected chi connectivity index (χ3v) is 6.34. The number of hydrogen-bond donors (Lipinski definition) is 1. The predicted molar refractivity (Wildman–Crippen MR) is 93.6 cm³/mol. The SMILES string of the molecule is CCN(CC)C(=O)[C@H](C)NS(=O)(=O)c1c(C)c(Cl)cc(C)c1Cl. The van der Waals surface area contributed by atoms with Gasteiger partial charge in [-0.25, -0.2) is 8.42 Å². The highest BCUT2D eigenvalue weighted by molar-refractivity contribution is 7.89. The first-order valence-corrected chi connectivity index (χ1v) is 9.57. The van der Waals surface area contributed by atoms with Crippen molar-refractivity contribution in [2.75, 3.05) is 13.1 Å². The molecule has 1 aromatic rings. The fourth-order valence-electron chi connectivity index (χ4n) is 2.28. The average Bonchev–Trinajstić information content (AvgIpc) is 2.45. The quantitative estimate of drug-likeness (QED) is 0.823. The molecule has 0 spiro atoms. The summed E-state index contributed by atoms with van der Waals surface area (Å²) < 4.78 is 27.7. The zero-order valence-corrected chi connectivity index (χ0v) is 16.2. The van der Waals surface area contributed by atoms with Crippen LogP contribution in [0.4, 0.5) is 0 Å². The third kappa shape index (κ3) is 4.38. The summed E-state index contributed by atoms with van der Waals surface area (Å²) in [5.41, 5.74) is 0.919. The Balaban J connectivity index is 3.22. The first-order valence-electron chi connectivity index (χ1n) is 7.33. The Hall–Kier alpha value is -0.820. The van der Waals surface area contributed by atoms with Crippen LogP contribution in [0.1, 0.15) is 31.9 Å². The van der Waals surface area contributed by atoms with E-state index in [0.29, 0.717) is 29.2 Å². The molecule has 0 radical (unpaired) electrons. The van der Waals surface area contributed by atoms with Crippen LogP contribution in [-0.4, -0.2) is 38.4 Å². The molecule has 0 aliphatic heterocycles. The van der Waals surface area contributed by atoms with E-state index in [1.165, 1.54) is 6.92 Å². The van der Waals surface area contributed by atoms with Crippen molar-refractivity contribution in [1.29, 1.82) is 0 Å². The second-order valence-corrected chi connectivity index (χ2v) is 7.73. The summed E-state index contributed by atoms with van der Waals surface area (Å²) in [5.74, 6) is -0.286. The van der Waals surface area contributed by atoms with E-state index < -0.39 is 16.1 Å². The summed E-state index contributed by atoms with van der Waals surface area (Å²) >= 11 is 12.2. The Bertz CT molecular complexity index is 675. The molecule has 130 valence electrons. The second-order valence-electron chi connectivity index (χ2n) is 5.30. The standard InChI is InChI=1S/C15H22Cl2N2O3S/c1-6-19(7-2)15(20)11(5)18-23(21,22)14-10(4)12(16)8-9(3)13(14)17/h8,11,18H,6-7H2,1-5H3/t11-/m0/s1. The number of sulfonamides is 1. The van der Waals surface area contributed by atoms with E-state index in [9.17, 15) is 13.2 Å². The lowest BCUT2D eigenvalue weighted by atomic mass is 10.2. The van der Waals surface area contributed by atoms with Gasteiger partial charge in [0.1, 0.15) is 4.90 Å². The van der Waals surface area contributed by atoms with Crippen LogP contribution in [0.2, 0.25) is 10.0 Å². The molecule has 1 rings (SSSR count).